The van der Waals surface area contributed by atoms with Gasteiger partial charge in [0.05, 0.1) is 11.7 Å². The van der Waals surface area contributed by atoms with Crippen LogP contribution in [-0.4, -0.2) is 29.1 Å². The first-order valence-electron chi connectivity index (χ1n) is 7.75. The minimum Gasteiger partial charge on any atom is -0.325 e. The first-order valence-corrected chi connectivity index (χ1v) is 7.75. The van der Waals surface area contributed by atoms with Gasteiger partial charge < -0.3 is 4.90 Å². The zero-order valence-electron chi connectivity index (χ0n) is 12.2. The fourth-order valence-electron chi connectivity index (χ4n) is 3.57. The van der Waals surface area contributed by atoms with Crippen molar-refractivity contribution < 1.29 is 4.79 Å². The third kappa shape index (κ3) is 2.29. The van der Waals surface area contributed by atoms with Crippen molar-refractivity contribution in [3.05, 3.63) is 0 Å². The Morgan fingerprint density at radius 1 is 1.28 bits per heavy atom. The number of hydrogen-bond acceptors (Lipinski definition) is 2. The van der Waals surface area contributed by atoms with E-state index in [-0.39, 0.29) is 11.7 Å². The molecule has 1 spiro atoms. The summed E-state index contributed by atoms with van der Waals surface area (Å²) in [5.74, 6) is 1.04. The Kier molecular flexibility index (Phi) is 4.31. The molecule has 2 aliphatic rings. The van der Waals surface area contributed by atoms with E-state index in [1.807, 2.05) is 0 Å². The molecule has 3 nitrogen and oxygen atoms in total. The minimum atomic E-state index is -0.188. The molecule has 0 radical (unpaired) electrons. The molecular formula is C15H28N2O. The normalized spacial score (nSPS) is 26.8. The Bertz CT molecular complexity index is 293. The summed E-state index contributed by atoms with van der Waals surface area (Å²) >= 11 is 0. The molecule has 3 heteroatoms. The second-order valence-electron chi connectivity index (χ2n) is 6.00. The molecule has 1 aliphatic heterocycles. The van der Waals surface area contributed by atoms with Crippen LogP contribution in [0.4, 0.5) is 0 Å². The number of rotatable bonds is 5. The topological polar surface area (TPSA) is 32.3 Å². The summed E-state index contributed by atoms with van der Waals surface area (Å²) in [6.45, 7) is 7.58. The van der Waals surface area contributed by atoms with Gasteiger partial charge in [-0.05, 0) is 25.2 Å². The fraction of sp³-hybridized carbons (Fsp3) is 0.933. The Morgan fingerprint density at radius 2 is 1.89 bits per heavy atom. The number of carbonyl (C=O) groups excluding carboxylic acids is 1. The molecular weight excluding hydrogens is 224 g/mol. The van der Waals surface area contributed by atoms with E-state index in [9.17, 15) is 4.79 Å². The molecule has 1 N–H and O–H groups in total. The van der Waals surface area contributed by atoms with Crippen LogP contribution in [0.5, 0.6) is 0 Å². The molecule has 1 amide bonds. The van der Waals surface area contributed by atoms with E-state index >= 15 is 0 Å². The molecule has 2 fully saturated rings. The number of nitrogens with one attached hydrogen (secondary N) is 1. The molecule has 1 saturated carbocycles. The van der Waals surface area contributed by atoms with Crippen molar-refractivity contribution in [2.75, 3.05) is 6.54 Å². The van der Waals surface area contributed by atoms with E-state index < -0.39 is 0 Å². The van der Waals surface area contributed by atoms with Crippen LogP contribution < -0.4 is 5.32 Å². The number of carbonyl (C=O) groups is 1. The van der Waals surface area contributed by atoms with Crippen molar-refractivity contribution in [1.29, 1.82) is 0 Å². The van der Waals surface area contributed by atoms with Crippen LogP contribution in [0.2, 0.25) is 0 Å². The van der Waals surface area contributed by atoms with E-state index in [0.29, 0.717) is 11.8 Å². The highest BCUT2D eigenvalue weighted by Crippen LogP contribution is 2.37. The van der Waals surface area contributed by atoms with E-state index in [1.54, 1.807) is 0 Å². The van der Waals surface area contributed by atoms with Gasteiger partial charge in [-0.2, -0.15) is 0 Å². The molecule has 2 rings (SSSR count). The highest BCUT2D eigenvalue weighted by atomic mass is 16.2. The summed E-state index contributed by atoms with van der Waals surface area (Å²) in [6.07, 6.45) is 8.13. The maximum atomic E-state index is 12.7. The molecule has 104 valence electrons. The maximum Gasteiger partial charge on any atom is 0.244 e. The summed E-state index contributed by atoms with van der Waals surface area (Å²) in [6, 6.07) is 0. The molecule has 1 atom stereocenters. The molecule has 0 bridgehead atoms. The van der Waals surface area contributed by atoms with Gasteiger partial charge in [-0.1, -0.05) is 46.5 Å². The average molecular weight is 252 g/mol. The lowest BCUT2D eigenvalue weighted by Gasteiger charge is -2.27. The summed E-state index contributed by atoms with van der Waals surface area (Å²) in [4.78, 5) is 14.9. The molecule has 1 saturated heterocycles. The average Bonchev–Trinajstić information content (AvgIpc) is 2.96. The van der Waals surface area contributed by atoms with Gasteiger partial charge in [-0.3, -0.25) is 10.1 Å². The lowest BCUT2D eigenvalue weighted by molar-refractivity contribution is -0.133. The van der Waals surface area contributed by atoms with Crippen LogP contribution in [0, 0.1) is 5.92 Å². The fourth-order valence-corrected chi connectivity index (χ4v) is 3.57. The third-order valence-corrected chi connectivity index (χ3v) is 4.94. The molecule has 1 aliphatic carbocycles. The zero-order valence-corrected chi connectivity index (χ0v) is 12.2. The molecule has 0 aromatic heterocycles. The van der Waals surface area contributed by atoms with Crippen molar-refractivity contribution in [1.82, 2.24) is 10.2 Å². The van der Waals surface area contributed by atoms with Gasteiger partial charge >= 0.3 is 0 Å². The van der Waals surface area contributed by atoms with Gasteiger partial charge in [0.1, 0.15) is 0 Å². The van der Waals surface area contributed by atoms with Crippen molar-refractivity contribution in [2.24, 2.45) is 5.92 Å². The van der Waals surface area contributed by atoms with Crippen LogP contribution in [0.3, 0.4) is 0 Å². The van der Waals surface area contributed by atoms with Crippen LogP contribution in [-0.2, 0) is 4.79 Å². The van der Waals surface area contributed by atoms with Crippen LogP contribution >= 0.6 is 0 Å². The Labute approximate surface area is 111 Å². The first-order chi connectivity index (χ1) is 8.66. The minimum absolute atomic E-state index is 0.188. The highest BCUT2D eigenvalue weighted by Gasteiger charge is 2.51. The second-order valence-corrected chi connectivity index (χ2v) is 6.00. The molecule has 0 aromatic carbocycles. The number of hydrogen-bond donors (Lipinski definition) is 1. The molecule has 1 unspecified atom stereocenters. The van der Waals surface area contributed by atoms with Gasteiger partial charge in [0.2, 0.25) is 5.91 Å². The standard InChI is InChI=1S/C15H28N2O/c1-4-12(5-2)11-17-13(6-3)16-15(14(17)18)9-7-8-10-15/h12-13,16H,4-11H2,1-3H3. The van der Waals surface area contributed by atoms with Gasteiger partial charge in [0.25, 0.3) is 0 Å². The predicted molar refractivity (Wildman–Crippen MR) is 74.2 cm³/mol. The smallest absolute Gasteiger partial charge is 0.244 e. The summed E-state index contributed by atoms with van der Waals surface area (Å²) < 4.78 is 0. The molecule has 1 heterocycles. The Morgan fingerprint density at radius 3 is 2.39 bits per heavy atom. The molecule has 0 aromatic rings. The number of nitrogens with zero attached hydrogens (tertiary/aromatic N) is 1. The van der Waals surface area contributed by atoms with Gasteiger partial charge in [-0.15, -0.1) is 0 Å². The summed E-state index contributed by atoms with van der Waals surface area (Å²) in [7, 11) is 0. The van der Waals surface area contributed by atoms with Gasteiger partial charge in [-0.25, -0.2) is 0 Å². The Hall–Kier alpha value is -0.570. The second kappa shape index (κ2) is 5.60. The summed E-state index contributed by atoms with van der Waals surface area (Å²) in [5, 5.41) is 3.65. The SMILES string of the molecule is CCC(CC)CN1C(=O)C2(CCCC2)NC1CC. The zero-order chi connectivity index (χ0) is 13.2. The third-order valence-electron chi connectivity index (χ3n) is 4.94. The van der Waals surface area contributed by atoms with E-state index in [0.717, 1.165) is 25.8 Å². The van der Waals surface area contributed by atoms with E-state index in [2.05, 4.69) is 31.0 Å². The summed E-state index contributed by atoms with van der Waals surface area (Å²) in [5.41, 5.74) is -0.188. The van der Waals surface area contributed by atoms with Crippen LogP contribution in [0.15, 0.2) is 0 Å². The van der Waals surface area contributed by atoms with Crippen molar-refractivity contribution >= 4 is 5.91 Å². The monoisotopic (exact) mass is 252 g/mol. The van der Waals surface area contributed by atoms with Crippen molar-refractivity contribution in [2.45, 2.75) is 77.4 Å². The van der Waals surface area contributed by atoms with Crippen LogP contribution in [0.25, 0.3) is 0 Å². The van der Waals surface area contributed by atoms with E-state index in [1.165, 1.54) is 25.7 Å². The van der Waals surface area contributed by atoms with Crippen molar-refractivity contribution in [3.8, 4) is 0 Å². The quantitative estimate of drug-likeness (QED) is 0.816. The Balaban J connectivity index is 2.10. The largest absolute Gasteiger partial charge is 0.325 e. The molecule has 18 heavy (non-hydrogen) atoms. The number of amides is 1. The van der Waals surface area contributed by atoms with Gasteiger partial charge in [0, 0.05) is 6.54 Å². The van der Waals surface area contributed by atoms with E-state index in [4.69, 9.17) is 0 Å². The van der Waals surface area contributed by atoms with Crippen LogP contribution in [0.1, 0.15) is 65.7 Å². The van der Waals surface area contributed by atoms with Crippen molar-refractivity contribution in [3.63, 3.8) is 0 Å². The lowest BCUT2D eigenvalue weighted by Crippen LogP contribution is -2.44. The highest BCUT2D eigenvalue weighted by molar-refractivity contribution is 5.89. The predicted octanol–water partition coefficient (Wildman–Crippen LogP) is 2.90. The van der Waals surface area contributed by atoms with Gasteiger partial charge in [0.15, 0.2) is 0 Å². The lowest BCUT2D eigenvalue weighted by atomic mass is 9.97. The first kappa shape index (κ1) is 13.9. The maximum absolute atomic E-state index is 12.7.